The Kier molecular flexibility index (Phi) is 4.57. The summed E-state index contributed by atoms with van der Waals surface area (Å²) in [4.78, 5) is 10.5. The summed E-state index contributed by atoms with van der Waals surface area (Å²) >= 11 is 0. The molecule has 0 saturated carbocycles. The molecule has 19 heavy (non-hydrogen) atoms. The lowest BCUT2D eigenvalue weighted by Gasteiger charge is -2.18. The van der Waals surface area contributed by atoms with Crippen molar-refractivity contribution in [2.24, 2.45) is 5.41 Å². The highest BCUT2D eigenvalue weighted by Gasteiger charge is 2.21. The van der Waals surface area contributed by atoms with Gasteiger partial charge in [0.05, 0.1) is 12.2 Å². The predicted molar refractivity (Wildman–Crippen MR) is 74.6 cm³/mol. The standard InChI is InChI=1S/C13H19NO4S/c1-13(2,3)9-19(17,18)14-11-6-4-10(5-7-11)8-12(15)16/h4-7,14H,8-9H2,1-3H3,(H,15,16). The van der Waals surface area contributed by atoms with E-state index < -0.39 is 16.0 Å². The molecule has 0 aromatic heterocycles. The highest BCUT2D eigenvalue weighted by Crippen LogP contribution is 2.19. The summed E-state index contributed by atoms with van der Waals surface area (Å²) < 4.78 is 26.2. The SMILES string of the molecule is CC(C)(C)CS(=O)(=O)Nc1ccc(CC(=O)O)cc1. The van der Waals surface area contributed by atoms with Gasteiger partial charge >= 0.3 is 5.97 Å². The lowest BCUT2D eigenvalue weighted by Crippen LogP contribution is -2.26. The first kappa shape index (κ1) is 15.5. The number of carboxylic acid groups (broad SMARTS) is 1. The van der Waals surface area contributed by atoms with Crippen LogP contribution in [0.2, 0.25) is 0 Å². The molecule has 106 valence electrons. The largest absolute Gasteiger partial charge is 0.481 e. The minimum absolute atomic E-state index is 0.0247. The van der Waals surface area contributed by atoms with E-state index in [4.69, 9.17) is 5.11 Å². The number of rotatable bonds is 5. The minimum Gasteiger partial charge on any atom is -0.481 e. The molecule has 0 fully saturated rings. The van der Waals surface area contributed by atoms with Crippen LogP contribution in [0.5, 0.6) is 0 Å². The number of aliphatic carboxylic acids is 1. The molecule has 0 atom stereocenters. The van der Waals surface area contributed by atoms with E-state index in [1.54, 1.807) is 24.3 Å². The molecule has 2 N–H and O–H groups in total. The van der Waals surface area contributed by atoms with E-state index in [0.29, 0.717) is 11.3 Å². The molecule has 0 amide bonds. The summed E-state index contributed by atoms with van der Waals surface area (Å²) in [5, 5.41) is 8.64. The van der Waals surface area contributed by atoms with E-state index in [1.807, 2.05) is 20.8 Å². The Balaban J connectivity index is 2.75. The smallest absolute Gasteiger partial charge is 0.307 e. The fourth-order valence-electron chi connectivity index (χ4n) is 1.65. The van der Waals surface area contributed by atoms with Crippen LogP contribution in [0.3, 0.4) is 0 Å². The van der Waals surface area contributed by atoms with Crippen LogP contribution < -0.4 is 4.72 Å². The molecule has 1 aromatic carbocycles. The summed E-state index contributed by atoms with van der Waals surface area (Å²) in [6, 6.07) is 6.34. The molecule has 1 rings (SSSR count). The predicted octanol–water partition coefficient (Wildman–Crippen LogP) is 2.10. The highest BCUT2D eigenvalue weighted by atomic mass is 32.2. The van der Waals surface area contributed by atoms with E-state index in [9.17, 15) is 13.2 Å². The summed E-state index contributed by atoms with van der Waals surface area (Å²) in [5.41, 5.74) is 0.749. The third kappa shape index (κ3) is 6.24. The molecule has 5 nitrogen and oxygen atoms in total. The number of nitrogens with one attached hydrogen (secondary N) is 1. The van der Waals surface area contributed by atoms with E-state index in [2.05, 4.69) is 4.72 Å². The quantitative estimate of drug-likeness (QED) is 0.867. The highest BCUT2D eigenvalue weighted by molar-refractivity contribution is 7.92. The van der Waals surface area contributed by atoms with E-state index in [1.165, 1.54) is 0 Å². The second-order valence-electron chi connectivity index (χ2n) is 5.69. The van der Waals surface area contributed by atoms with Crippen LogP contribution in [0, 0.1) is 5.41 Å². The van der Waals surface area contributed by atoms with Crippen molar-refractivity contribution in [1.29, 1.82) is 0 Å². The van der Waals surface area contributed by atoms with Crippen molar-refractivity contribution in [3.05, 3.63) is 29.8 Å². The first-order valence-corrected chi connectivity index (χ1v) is 7.54. The lowest BCUT2D eigenvalue weighted by atomic mass is 10.0. The van der Waals surface area contributed by atoms with Crippen molar-refractivity contribution in [1.82, 2.24) is 0 Å². The Hall–Kier alpha value is -1.56. The van der Waals surface area contributed by atoms with E-state index >= 15 is 0 Å². The zero-order chi connectivity index (χ0) is 14.7. The molecule has 0 aliphatic heterocycles. The van der Waals surface area contributed by atoms with Crippen LogP contribution in [0.1, 0.15) is 26.3 Å². The molecule has 0 unspecified atom stereocenters. The van der Waals surface area contributed by atoms with Crippen LogP contribution in [-0.2, 0) is 21.2 Å². The molecule has 0 bridgehead atoms. The third-order valence-electron chi connectivity index (χ3n) is 2.21. The Morgan fingerprint density at radius 1 is 1.21 bits per heavy atom. The van der Waals surface area contributed by atoms with Gasteiger partial charge in [-0.2, -0.15) is 0 Å². The van der Waals surface area contributed by atoms with Gasteiger partial charge in [0, 0.05) is 5.69 Å². The number of hydrogen-bond acceptors (Lipinski definition) is 3. The Bertz CT molecular complexity index is 541. The number of sulfonamides is 1. The molecule has 1 aromatic rings. The van der Waals surface area contributed by atoms with Gasteiger partial charge in [0.2, 0.25) is 10.0 Å². The van der Waals surface area contributed by atoms with Crippen LogP contribution >= 0.6 is 0 Å². The topological polar surface area (TPSA) is 83.5 Å². The summed E-state index contributed by atoms with van der Waals surface area (Å²) in [7, 11) is -3.39. The van der Waals surface area contributed by atoms with Crippen molar-refractivity contribution >= 4 is 21.7 Å². The van der Waals surface area contributed by atoms with Gasteiger partial charge in [0.1, 0.15) is 0 Å². The molecule has 0 aliphatic carbocycles. The number of hydrogen-bond donors (Lipinski definition) is 2. The molecule has 0 radical (unpaired) electrons. The van der Waals surface area contributed by atoms with Gasteiger partial charge in [0.25, 0.3) is 0 Å². The maximum Gasteiger partial charge on any atom is 0.307 e. The van der Waals surface area contributed by atoms with Crippen LogP contribution in [0.15, 0.2) is 24.3 Å². The van der Waals surface area contributed by atoms with Gasteiger partial charge in [-0.3, -0.25) is 9.52 Å². The van der Waals surface area contributed by atoms with Crippen molar-refractivity contribution < 1.29 is 18.3 Å². The average molecular weight is 285 g/mol. The first-order valence-electron chi connectivity index (χ1n) is 5.89. The molecular formula is C13H19NO4S. The number of carbonyl (C=O) groups is 1. The van der Waals surface area contributed by atoms with Gasteiger partial charge in [-0.05, 0) is 23.1 Å². The van der Waals surface area contributed by atoms with E-state index in [-0.39, 0.29) is 17.6 Å². The van der Waals surface area contributed by atoms with E-state index in [0.717, 1.165) is 0 Å². The zero-order valence-corrected chi connectivity index (χ0v) is 12.1. The lowest BCUT2D eigenvalue weighted by molar-refractivity contribution is -0.136. The number of benzene rings is 1. The zero-order valence-electron chi connectivity index (χ0n) is 11.3. The Morgan fingerprint density at radius 3 is 2.16 bits per heavy atom. The Morgan fingerprint density at radius 2 is 1.74 bits per heavy atom. The van der Waals surface area contributed by atoms with Gasteiger partial charge in [-0.25, -0.2) is 8.42 Å². The molecule has 6 heteroatoms. The van der Waals surface area contributed by atoms with Gasteiger partial charge in [-0.15, -0.1) is 0 Å². The van der Waals surface area contributed by atoms with Crippen LogP contribution in [0.4, 0.5) is 5.69 Å². The summed E-state index contributed by atoms with van der Waals surface area (Å²) in [6.07, 6.45) is -0.0744. The van der Waals surface area contributed by atoms with Crippen LogP contribution in [0.25, 0.3) is 0 Å². The third-order valence-corrected chi connectivity index (χ3v) is 4.00. The van der Waals surface area contributed by atoms with Gasteiger partial charge in [0.15, 0.2) is 0 Å². The van der Waals surface area contributed by atoms with Crippen molar-refractivity contribution in [3.8, 4) is 0 Å². The monoisotopic (exact) mass is 285 g/mol. The second-order valence-corrected chi connectivity index (χ2v) is 7.41. The maximum atomic E-state index is 11.9. The average Bonchev–Trinajstić information content (AvgIpc) is 2.15. The fourth-order valence-corrected chi connectivity index (χ4v) is 3.36. The number of carboxylic acids is 1. The van der Waals surface area contributed by atoms with Crippen LogP contribution in [-0.4, -0.2) is 25.2 Å². The Labute approximate surface area is 113 Å². The summed E-state index contributed by atoms with van der Waals surface area (Å²) in [5.74, 6) is -0.891. The maximum absolute atomic E-state index is 11.9. The fraction of sp³-hybridized carbons (Fsp3) is 0.462. The molecular weight excluding hydrogens is 266 g/mol. The normalized spacial score (nSPS) is 12.2. The first-order chi connectivity index (χ1) is 8.57. The van der Waals surface area contributed by atoms with Gasteiger partial charge in [-0.1, -0.05) is 32.9 Å². The summed E-state index contributed by atoms with van der Waals surface area (Å²) in [6.45, 7) is 5.55. The van der Waals surface area contributed by atoms with Crippen molar-refractivity contribution in [2.45, 2.75) is 27.2 Å². The van der Waals surface area contributed by atoms with Gasteiger partial charge < -0.3 is 5.11 Å². The molecule has 0 saturated heterocycles. The molecule has 0 heterocycles. The van der Waals surface area contributed by atoms with Crippen molar-refractivity contribution in [3.63, 3.8) is 0 Å². The second kappa shape index (κ2) is 5.61. The molecule has 0 aliphatic rings. The minimum atomic E-state index is -3.39. The molecule has 0 spiro atoms. The number of anilines is 1. The van der Waals surface area contributed by atoms with Crippen molar-refractivity contribution in [2.75, 3.05) is 10.5 Å².